The Labute approximate surface area is 171 Å². The van der Waals surface area contributed by atoms with Crippen molar-refractivity contribution < 1.29 is 0 Å². The van der Waals surface area contributed by atoms with Crippen LogP contribution in [0.5, 0.6) is 0 Å². The third kappa shape index (κ3) is 4.23. The Morgan fingerprint density at radius 3 is 2.59 bits per heavy atom. The van der Waals surface area contributed by atoms with Crippen molar-refractivity contribution in [2.75, 3.05) is 0 Å². The van der Waals surface area contributed by atoms with Gasteiger partial charge in [-0.1, -0.05) is 23.7 Å². The maximum atomic E-state index is 12.5. The number of nitrogens with zero attached hydrogens (tertiary/aromatic N) is 6. The molecule has 142 valence electrons. The molecule has 0 aliphatic carbocycles. The van der Waals surface area contributed by atoms with Crippen LogP contribution in [0.3, 0.4) is 0 Å². The van der Waals surface area contributed by atoms with E-state index in [9.17, 15) is 4.79 Å². The zero-order valence-electron chi connectivity index (χ0n) is 15.2. The Morgan fingerprint density at radius 1 is 1.03 bits per heavy atom. The lowest BCUT2D eigenvalue weighted by Gasteiger charge is -2.10. The standard InChI is InChI=1S/C21H15ClN6O/c22-19-11-24-12-20(26-19)28-6-5-17(8-21(28)29)13-27-14-25-10-18(27)7-15-1-3-16(9-23)4-2-15/h1-6,8,10-12,14H,7,13H2. The van der Waals surface area contributed by atoms with Crippen LogP contribution < -0.4 is 5.56 Å². The van der Waals surface area contributed by atoms with Crippen molar-refractivity contribution in [2.24, 2.45) is 0 Å². The van der Waals surface area contributed by atoms with Gasteiger partial charge in [0, 0.05) is 37.1 Å². The lowest BCUT2D eigenvalue weighted by Crippen LogP contribution is -2.19. The van der Waals surface area contributed by atoms with Gasteiger partial charge >= 0.3 is 0 Å². The van der Waals surface area contributed by atoms with E-state index in [1.54, 1.807) is 36.9 Å². The molecule has 4 aromatic rings. The first kappa shape index (κ1) is 18.6. The van der Waals surface area contributed by atoms with Crippen LogP contribution in [-0.4, -0.2) is 24.1 Å². The Morgan fingerprint density at radius 2 is 1.86 bits per heavy atom. The fourth-order valence-electron chi connectivity index (χ4n) is 3.00. The first-order valence-corrected chi connectivity index (χ1v) is 9.18. The molecule has 0 bridgehead atoms. The van der Waals surface area contributed by atoms with E-state index in [0.29, 0.717) is 24.3 Å². The number of halogens is 1. The van der Waals surface area contributed by atoms with Crippen LogP contribution in [0.2, 0.25) is 5.15 Å². The minimum atomic E-state index is -0.215. The Balaban J connectivity index is 1.54. The van der Waals surface area contributed by atoms with Gasteiger partial charge in [0.25, 0.3) is 5.56 Å². The van der Waals surface area contributed by atoms with Crippen LogP contribution in [0.25, 0.3) is 5.82 Å². The molecule has 0 saturated heterocycles. The normalized spacial score (nSPS) is 10.6. The fraction of sp³-hybridized carbons (Fsp3) is 0.0952. The number of benzene rings is 1. The average Bonchev–Trinajstić information content (AvgIpc) is 3.15. The van der Waals surface area contributed by atoms with Crippen molar-refractivity contribution in [1.82, 2.24) is 24.1 Å². The topological polar surface area (TPSA) is 89.4 Å². The van der Waals surface area contributed by atoms with Gasteiger partial charge in [0.1, 0.15) is 5.15 Å². The van der Waals surface area contributed by atoms with Gasteiger partial charge in [-0.15, -0.1) is 0 Å². The van der Waals surface area contributed by atoms with Gasteiger partial charge in [0.05, 0.1) is 30.4 Å². The highest BCUT2D eigenvalue weighted by Crippen LogP contribution is 2.13. The average molecular weight is 403 g/mol. The number of imidazole rings is 1. The maximum Gasteiger partial charge on any atom is 0.256 e. The molecular weight excluding hydrogens is 388 g/mol. The monoisotopic (exact) mass is 402 g/mol. The van der Waals surface area contributed by atoms with Crippen molar-refractivity contribution in [2.45, 2.75) is 13.0 Å². The molecule has 0 aliphatic rings. The molecule has 3 aromatic heterocycles. The van der Waals surface area contributed by atoms with Gasteiger partial charge in [-0.2, -0.15) is 5.26 Å². The van der Waals surface area contributed by atoms with E-state index < -0.39 is 0 Å². The summed E-state index contributed by atoms with van der Waals surface area (Å²) in [7, 11) is 0. The number of pyridine rings is 1. The first-order chi connectivity index (χ1) is 14.1. The molecule has 0 saturated carbocycles. The summed E-state index contributed by atoms with van der Waals surface area (Å²) in [5, 5.41) is 9.14. The number of hydrogen-bond acceptors (Lipinski definition) is 5. The van der Waals surface area contributed by atoms with E-state index >= 15 is 0 Å². The van der Waals surface area contributed by atoms with Crippen molar-refractivity contribution in [3.8, 4) is 11.9 Å². The summed E-state index contributed by atoms with van der Waals surface area (Å²) >= 11 is 5.86. The SMILES string of the molecule is N#Cc1ccc(Cc2cncn2Cc2ccn(-c3cncc(Cl)n3)c(=O)c2)cc1. The summed E-state index contributed by atoms with van der Waals surface area (Å²) in [4.78, 5) is 24.8. The van der Waals surface area contributed by atoms with Crippen molar-refractivity contribution in [3.05, 3.63) is 105 Å². The molecule has 0 aliphatic heterocycles. The van der Waals surface area contributed by atoms with Gasteiger partial charge in [0.2, 0.25) is 0 Å². The lowest BCUT2D eigenvalue weighted by atomic mass is 10.1. The molecule has 1 aromatic carbocycles. The highest BCUT2D eigenvalue weighted by Gasteiger charge is 2.08. The predicted molar refractivity (Wildman–Crippen MR) is 108 cm³/mol. The molecule has 0 radical (unpaired) electrons. The molecule has 3 heterocycles. The van der Waals surface area contributed by atoms with E-state index in [4.69, 9.17) is 16.9 Å². The molecule has 0 amide bonds. The Bertz CT molecular complexity index is 1250. The summed E-state index contributed by atoms with van der Waals surface area (Å²) in [5.74, 6) is 0.373. The second-order valence-corrected chi connectivity index (χ2v) is 6.83. The maximum absolute atomic E-state index is 12.5. The summed E-state index contributed by atoms with van der Waals surface area (Å²) in [6.45, 7) is 0.517. The number of hydrogen-bond donors (Lipinski definition) is 0. The second kappa shape index (κ2) is 8.09. The van der Waals surface area contributed by atoms with Crippen LogP contribution in [0.4, 0.5) is 0 Å². The van der Waals surface area contributed by atoms with Crippen molar-refractivity contribution >= 4 is 11.6 Å². The van der Waals surface area contributed by atoms with Crippen LogP contribution in [0, 0.1) is 11.3 Å². The Hall–Kier alpha value is -3.76. The van der Waals surface area contributed by atoms with Crippen LogP contribution in [0.15, 0.2) is 72.3 Å². The molecule has 7 nitrogen and oxygen atoms in total. The lowest BCUT2D eigenvalue weighted by molar-refractivity contribution is 0.748. The molecular formula is C21H15ClN6O. The fourth-order valence-corrected chi connectivity index (χ4v) is 3.14. The smallest absolute Gasteiger partial charge is 0.256 e. The molecule has 0 unspecified atom stereocenters. The Kier molecular flexibility index (Phi) is 5.18. The summed E-state index contributed by atoms with van der Waals surface area (Å²) in [6.07, 6.45) is 8.79. The van der Waals surface area contributed by atoms with Crippen LogP contribution in [-0.2, 0) is 13.0 Å². The molecule has 0 spiro atoms. The highest BCUT2D eigenvalue weighted by atomic mass is 35.5. The van der Waals surface area contributed by atoms with Gasteiger partial charge in [-0.05, 0) is 29.3 Å². The minimum Gasteiger partial charge on any atom is -0.330 e. The molecule has 0 N–H and O–H groups in total. The van der Waals surface area contributed by atoms with E-state index in [2.05, 4.69) is 21.0 Å². The van der Waals surface area contributed by atoms with E-state index in [0.717, 1.165) is 16.8 Å². The molecule has 8 heteroatoms. The molecule has 4 rings (SSSR count). The van der Waals surface area contributed by atoms with Crippen molar-refractivity contribution in [1.29, 1.82) is 5.26 Å². The summed E-state index contributed by atoms with van der Waals surface area (Å²) in [5.41, 5.74) is 3.36. The summed E-state index contributed by atoms with van der Waals surface area (Å²) < 4.78 is 3.39. The third-order valence-electron chi connectivity index (χ3n) is 4.44. The quantitative estimate of drug-likeness (QED) is 0.512. The zero-order valence-corrected chi connectivity index (χ0v) is 16.0. The van der Waals surface area contributed by atoms with E-state index in [-0.39, 0.29) is 10.7 Å². The first-order valence-electron chi connectivity index (χ1n) is 8.80. The van der Waals surface area contributed by atoms with Crippen LogP contribution >= 0.6 is 11.6 Å². The third-order valence-corrected chi connectivity index (χ3v) is 4.63. The van der Waals surface area contributed by atoms with Crippen LogP contribution in [0.1, 0.15) is 22.4 Å². The predicted octanol–water partition coefficient (Wildman–Crippen LogP) is 2.99. The zero-order chi connectivity index (χ0) is 20.2. The van der Waals surface area contributed by atoms with E-state index in [1.165, 1.54) is 17.0 Å². The number of rotatable bonds is 5. The van der Waals surface area contributed by atoms with Gasteiger partial charge in [-0.3, -0.25) is 14.3 Å². The number of aromatic nitrogens is 5. The van der Waals surface area contributed by atoms with E-state index in [1.807, 2.05) is 22.8 Å². The molecule has 0 fully saturated rings. The van der Waals surface area contributed by atoms with Gasteiger partial charge < -0.3 is 4.57 Å². The number of nitriles is 1. The largest absolute Gasteiger partial charge is 0.330 e. The molecule has 0 atom stereocenters. The van der Waals surface area contributed by atoms with Gasteiger partial charge in [0.15, 0.2) is 5.82 Å². The van der Waals surface area contributed by atoms with Gasteiger partial charge in [-0.25, -0.2) is 9.97 Å². The minimum absolute atomic E-state index is 0.215. The highest BCUT2D eigenvalue weighted by molar-refractivity contribution is 6.29. The van der Waals surface area contributed by atoms with Crippen molar-refractivity contribution in [3.63, 3.8) is 0 Å². The summed E-state index contributed by atoms with van der Waals surface area (Å²) in [6, 6.07) is 13.0. The second-order valence-electron chi connectivity index (χ2n) is 6.44. The molecule has 29 heavy (non-hydrogen) atoms.